The lowest BCUT2D eigenvalue weighted by molar-refractivity contribution is -0.152. The van der Waals surface area contributed by atoms with Crippen molar-refractivity contribution in [3.05, 3.63) is 65.2 Å². The fourth-order valence-electron chi connectivity index (χ4n) is 2.49. The highest BCUT2D eigenvalue weighted by molar-refractivity contribution is 5.77. The first kappa shape index (κ1) is 23.1. The molecule has 1 atom stereocenters. The predicted octanol–water partition coefficient (Wildman–Crippen LogP) is 4.00. The lowest BCUT2D eigenvalue weighted by Gasteiger charge is -2.19. The van der Waals surface area contributed by atoms with Crippen LogP contribution in [0.1, 0.15) is 29.7 Å². The van der Waals surface area contributed by atoms with Gasteiger partial charge in [-0.05, 0) is 32.0 Å². The Morgan fingerprint density at radius 2 is 1.77 bits per heavy atom. The summed E-state index contributed by atoms with van der Waals surface area (Å²) in [5.41, 5.74) is 0.484. The van der Waals surface area contributed by atoms with Gasteiger partial charge in [-0.25, -0.2) is 9.59 Å². The van der Waals surface area contributed by atoms with Crippen molar-refractivity contribution < 1.29 is 32.2 Å². The number of nitrogens with one attached hydrogen (secondary N) is 2. The number of benzene rings is 2. The van der Waals surface area contributed by atoms with E-state index >= 15 is 0 Å². The molecule has 0 aliphatic rings. The first-order chi connectivity index (χ1) is 14.2. The van der Waals surface area contributed by atoms with E-state index in [1.807, 2.05) is 6.92 Å². The van der Waals surface area contributed by atoms with Crippen LogP contribution in [0.15, 0.2) is 48.5 Å². The number of urea groups is 1. The topological polar surface area (TPSA) is 76.7 Å². The number of hydrogen-bond acceptors (Lipinski definition) is 4. The van der Waals surface area contributed by atoms with Gasteiger partial charge in [0.2, 0.25) is 6.10 Å². The zero-order valence-electron chi connectivity index (χ0n) is 16.6. The SMILES string of the molecule is CCNC(=O)NCCOC(=O)C(Oc1cccc(C(F)(F)F)c1)c1ccc(C)cc1. The highest BCUT2D eigenvalue weighted by atomic mass is 19.4. The Hall–Kier alpha value is -3.23. The third-order valence-corrected chi connectivity index (χ3v) is 3.98. The molecule has 2 N–H and O–H groups in total. The quantitative estimate of drug-likeness (QED) is 0.496. The Morgan fingerprint density at radius 3 is 2.40 bits per heavy atom. The van der Waals surface area contributed by atoms with Crippen LogP contribution in [-0.2, 0) is 15.7 Å². The van der Waals surface area contributed by atoms with Crippen LogP contribution in [0.3, 0.4) is 0 Å². The minimum Gasteiger partial charge on any atom is -0.474 e. The molecule has 2 rings (SSSR count). The molecule has 1 unspecified atom stereocenters. The number of hydrogen-bond donors (Lipinski definition) is 2. The van der Waals surface area contributed by atoms with Crippen LogP contribution < -0.4 is 15.4 Å². The minimum absolute atomic E-state index is 0.0712. The molecule has 30 heavy (non-hydrogen) atoms. The molecule has 6 nitrogen and oxygen atoms in total. The van der Waals surface area contributed by atoms with Crippen molar-refractivity contribution in [2.45, 2.75) is 26.1 Å². The molecule has 2 amide bonds. The predicted molar refractivity (Wildman–Crippen MR) is 104 cm³/mol. The van der Waals surface area contributed by atoms with Gasteiger partial charge >= 0.3 is 18.2 Å². The van der Waals surface area contributed by atoms with E-state index in [4.69, 9.17) is 9.47 Å². The molecule has 162 valence electrons. The summed E-state index contributed by atoms with van der Waals surface area (Å²) in [6.07, 6.45) is -5.80. The maximum atomic E-state index is 13.0. The molecular formula is C21H23F3N2O4. The number of amides is 2. The van der Waals surface area contributed by atoms with Gasteiger partial charge in [-0.3, -0.25) is 0 Å². The van der Waals surface area contributed by atoms with Crippen molar-refractivity contribution in [2.24, 2.45) is 0 Å². The number of halogens is 3. The minimum atomic E-state index is -4.54. The molecule has 9 heteroatoms. The number of esters is 1. The second-order valence-electron chi connectivity index (χ2n) is 6.39. The molecule has 2 aromatic carbocycles. The van der Waals surface area contributed by atoms with E-state index in [0.717, 1.165) is 17.7 Å². The molecule has 0 saturated heterocycles. The van der Waals surface area contributed by atoms with Gasteiger partial charge in [-0.1, -0.05) is 35.9 Å². The van der Waals surface area contributed by atoms with E-state index in [1.165, 1.54) is 12.1 Å². The van der Waals surface area contributed by atoms with E-state index in [9.17, 15) is 22.8 Å². The first-order valence-electron chi connectivity index (χ1n) is 9.29. The van der Waals surface area contributed by atoms with Crippen LogP contribution in [0.5, 0.6) is 5.75 Å². The molecule has 2 aromatic rings. The van der Waals surface area contributed by atoms with Crippen LogP contribution in [-0.4, -0.2) is 31.7 Å². The van der Waals surface area contributed by atoms with Crippen LogP contribution in [0.25, 0.3) is 0 Å². The van der Waals surface area contributed by atoms with Crippen LogP contribution in [0, 0.1) is 6.92 Å². The number of aryl methyl sites for hydroxylation is 1. The summed E-state index contributed by atoms with van der Waals surface area (Å²) in [5, 5.41) is 5.04. The summed E-state index contributed by atoms with van der Waals surface area (Å²) in [6.45, 7) is 4.02. The molecular weight excluding hydrogens is 401 g/mol. The number of carbonyl (C=O) groups is 2. The average molecular weight is 424 g/mol. The first-order valence-corrected chi connectivity index (χ1v) is 9.29. The van der Waals surface area contributed by atoms with Crippen molar-refractivity contribution >= 4 is 12.0 Å². The van der Waals surface area contributed by atoms with Crippen LogP contribution in [0.4, 0.5) is 18.0 Å². The van der Waals surface area contributed by atoms with E-state index in [0.29, 0.717) is 12.1 Å². The maximum Gasteiger partial charge on any atom is 0.416 e. The van der Waals surface area contributed by atoms with Crippen molar-refractivity contribution in [3.8, 4) is 5.75 Å². The number of carbonyl (C=O) groups excluding carboxylic acids is 2. The number of rotatable bonds is 8. The van der Waals surface area contributed by atoms with E-state index in [-0.39, 0.29) is 18.9 Å². The largest absolute Gasteiger partial charge is 0.474 e. The molecule has 0 radical (unpaired) electrons. The zero-order valence-corrected chi connectivity index (χ0v) is 16.6. The average Bonchev–Trinajstić information content (AvgIpc) is 2.70. The maximum absolute atomic E-state index is 13.0. The fraction of sp³-hybridized carbons (Fsp3) is 0.333. The summed E-state index contributed by atoms with van der Waals surface area (Å²) >= 11 is 0. The van der Waals surface area contributed by atoms with Crippen molar-refractivity contribution in [2.75, 3.05) is 19.7 Å². The number of alkyl halides is 3. The summed E-state index contributed by atoms with van der Waals surface area (Å²) < 4.78 is 49.6. The molecule has 0 saturated carbocycles. The van der Waals surface area contributed by atoms with E-state index in [2.05, 4.69) is 10.6 Å². The zero-order chi connectivity index (χ0) is 22.1. The lowest BCUT2D eigenvalue weighted by Crippen LogP contribution is -2.37. The van der Waals surface area contributed by atoms with Crippen molar-refractivity contribution in [3.63, 3.8) is 0 Å². The third kappa shape index (κ3) is 6.98. The molecule has 0 bridgehead atoms. The van der Waals surface area contributed by atoms with E-state index in [1.54, 1.807) is 31.2 Å². The highest BCUT2D eigenvalue weighted by Crippen LogP contribution is 2.33. The molecule has 0 fully saturated rings. The fourth-order valence-corrected chi connectivity index (χ4v) is 2.49. The Labute approximate surface area is 172 Å². The Kier molecular flexibility index (Phi) is 8.08. The molecule has 0 spiro atoms. The smallest absolute Gasteiger partial charge is 0.416 e. The summed E-state index contributed by atoms with van der Waals surface area (Å²) in [6, 6.07) is 10.7. The molecule has 0 heterocycles. The van der Waals surface area contributed by atoms with Crippen molar-refractivity contribution in [1.29, 1.82) is 0 Å². The normalized spacial score (nSPS) is 12.0. The van der Waals surface area contributed by atoms with Crippen molar-refractivity contribution in [1.82, 2.24) is 10.6 Å². The second kappa shape index (κ2) is 10.5. The highest BCUT2D eigenvalue weighted by Gasteiger charge is 2.31. The monoisotopic (exact) mass is 424 g/mol. The van der Waals surface area contributed by atoms with Gasteiger partial charge in [0.05, 0.1) is 12.1 Å². The summed E-state index contributed by atoms with van der Waals surface area (Å²) in [7, 11) is 0. The lowest BCUT2D eigenvalue weighted by atomic mass is 10.1. The Bertz CT molecular complexity index is 854. The van der Waals surface area contributed by atoms with Gasteiger partial charge in [0.1, 0.15) is 12.4 Å². The summed E-state index contributed by atoms with van der Waals surface area (Å²) in [4.78, 5) is 23.9. The van der Waals surface area contributed by atoms with Crippen LogP contribution >= 0.6 is 0 Å². The molecule has 0 aromatic heterocycles. The van der Waals surface area contributed by atoms with E-state index < -0.39 is 29.8 Å². The van der Waals surface area contributed by atoms with Gasteiger partial charge in [0.15, 0.2) is 0 Å². The van der Waals surface area contributed by atoms with Gasteiger partial charge in [-0.15, -0.1) is 0 Å². The van der Waals surface area contributed by atoms with Gasteiger partial charge < -0.3 is 20.1 Å². The number of ether oxygens (including phenoxy) is 2. The summed E-state index contributed by atoms with van der Waals surface area (Å²) in [5.74, 6) is -0.901. The second-order valence-corrected chi connectivity index (χ2v) is 6.39. The Balaban J connectivity index is 2.12. The van der Waals surface area contributed by atoms with Gasteiger partial charge in [0.25, 0.3) is 0 Å². The third-order valence-electron chi connectivity index (χ3n) is 3.98. The Morgan fingerprint density at radius 1 is 1.07 bits per heavy atom. The van der Waals surface area contributed by atoms with Crippen LogP contribution in [0.2, 0.25) is 0 Å². The van der Waals surface area contributed by atoms with Gasteiger partial charge in [-0.2, -0.15) is 13.2 Å². The van der Waals surface area contributed by atoms with Gasteiger partial charge in [0, 0.05) is 12.1 Å². The molecule has 0 aliphatic carbocycles. The standard InChI is InChI=1S/C21H23F3N2O4/c1-3-25-20(28)26-11-12-29-19(27)18(15-9-7-14(2)8-10-15)30-17-6-4-5-16(13-17)21(22,23)24/h4-10,13,18H,3,11-12H2,1-2H3,(H2,25,26,28). The molecule has 0 aliphatic heterocycles.